The predicted octanol–water partition coefficient (Wildman–Crippen LogP) is 1.85. The van der Waals surface area contributed by atoms with Crippen LogP contribution >= 0.6 is 0 Å². The lowest BCUT2D eigenvalue weighted by molar-refractivity contribution is 0.0600. The van der Waals surface area contributed by atoms with E-state index in [0.717, 1.165) is 11.3 Å². The number of hydrogen-bond donors (Lipinski definition) is 0. The van der Waals surface area contributed by atoms with E-state index in [2.05, 4.69) is 4.74 Å². The summed E-state index contributed by atoms with van der Waals surface area (Å²) in [6.07, 6.45) is 0. The number of aryl methyl sites for hydroxylation is 1. The molecule has 1 aromatic rings. The standard InChI is InChI=1S/C11H15NO2/c1-8-5-9(11(13)14-4)7-10(6-8)12(2)3/h5-7H,1-4H3. The van der Waals surface area contributed by atoms with Crippen molar-refractivity contribution in [3.8, 4) is 0 Å². The fourth-order valence-electron chi connectivity index (χ4n) is 1.26. The Balaban J connectivity index is 3.13. The minimum absolute atomic E-state index is 0.295. The fourth-order valence-corrected chi connectivity index (χ4v) is 1.26. The fraction of sp³-hybridized carbons (Fsp3) is 0.364. The van der Waals surface area contributed by atoms with Gasteiger partial charge in [-0.05, 0) is 30.7 Å². The molecule has 3 nitrogen and oxygen atoms in total. The number of carbonyl (C=O) groups is 1. The van der Waals surface area contributed by atoms with Gasteiger partial charge in [0.2, 0.25) is 0 Å². The summed E-state index contributed by atoms with van der Waals surface area (Å²) >= 11 is 0. The molecule has 0 amide bonds. The van der Waals surface area contributed by atoms with Crippen LogP contribution in [0.4, 0.5) is 5.69 Å². The van der Waals surface area contributed by atoms with E-state index < -0.39 is 0 Å². The molecule has 0 saturated carbocycles. The van der Waals surface area contributed by atoms with Gasteiger partial charge in [0.1, 0.15) is 0 Å². The number of esters is 1. The van der Waals surface area contributed by atoms with Gasteiger partial charge in [0.15, 0.2) is 0 Å². The first-order valence-corrected chi connectivity index (χ1v) is 4.42. The van der Waals surface area contributed by atoms with E-state index in [0.29, 0.717) is 5.56 Å². The highest BCUT2D eigenvalue weighted by Gasteiger charge is 2.07. The van der Waals surface area contributed by atoms with Crippen LogP contribution in [-0.2, 0) is 4.74 Å². The molecular formula is C11H15NO2. The molecule has 0 bridgehead atoms. The number of rotatable bonds is 2. The third-order valence-corrected chi connectivity index (χ3v) is 2.00. The minimum Gasteiger partial charge on any atom is -0.465 e. The first kappa shape index (κ1) is 10.6. The highest BCUT2D eigenvalue weighted by Crippen LogP contribution is 2.17. The number of ether oxygens (including phenoxy) is 1. The van der Waals surface area contributed by atoms with Crippen molar-refractivity contribution in [2.75, 3.05) is 26.1 Å². The number of nitrogens with zero attached hydrogens (tertiary/aromatic N) is 1. The number of methoxy groups -OCH3 is 1. The lowest BCUT2D eigenvalue weighted by Gasteiger charge is -2.14. The third kappa shape index (κ3) is 2.25. The van der Waals surface area contributed by atoms with Crippen LogP contribution in [0.25, 0.3) is 0 Å². The van der Waals surface area contributed by atoms with Crippen LogP contribution in [0, 0.1) is 6.92 Å². The smallest absolute Gasteiger partial charge is 0.337 e. The topological polar surface area (TPSA) is 29.5 Å². The Hall–Kier alpha value is -1.51. The van der Waals surface area contributed by atoms with Crippen molar-refractivity contribution in [2.45, 2.75) is 6.92 Å². The zero-order valence-electron chi connectivity index (χ0n) is 9.00. The van der Waals surface area contributed by atoms with Crippen LogP contribution < -0.4 is 4.90 Å². The molecule has 0 heterocycles. The molecule has 0 spiro atoms. The second-order valence-electron chi connectivity index (χ2n) is 3.44. The monoisotopic (exact) mass is 193 g/mol. The molecule has 14 heavy (non-hydrogen) atoms. The Morgan fingerprint density at radius 2 is 1.93 bits per heavy atom. The molecule has 0 atom stereocenters. The van der Waals surface area contributed by atoms with Gasteiger partial charge in [-0.15, -0.1) is 0 Å². The first-order chi connectivity index (χ1) is 6.54. The average molecular weight is 193 g/mol. The van der Waals surface area contributed by atoms with Gasteiger partial charge in [-0.2, -0.15) is 0 Å². The minimum atomic E-state index is -0.295. The van der Waals surface area contributed by atoms with Crippen LogP contribution in [0.2, 0.25) is 0 Å². The Morgan fingerprint density at radius 3 is 2.43 bits per heavy atom. The second kappa shape index (κ2) is 4.13. The second-order valence-corrected chi connectivity index (χ2v) is 3.44. The molecule has 1 rings (SSSR count). The molecular weight excluding hydrogens is 178 g/mol. The molecule has 0 radical (unpaired) electrons. The molecule has 1 aromatic carbocycles. The first-order valence-electron chi connectivity index (χ1n) is 4.42. The van der Waals surface area contributed by atoms with Gasteiger partial charge in [0.25, 0.3) is 0 Å². The lowest BCUT2D eigenvalue weighted by Crippen LogP contribution is -2.10. The largest absolute Gasteiger partial charge is 0.465 e. The number of anilines is 1. The van der Waals surface area contributed by atoms with E-state index in [1.54, 1.807) is 0 Å². The van der Waals surface area contributed by atoms with E-state index in [4.69, 9.17) is 0 Å². The maximum Gasteiger partial charge on any atom is 0.337 e. The summed E-state index contributed by atoms with van der Waals surface area (Å²) in [4.78, 5) is 13.3. The maximum absolute atomic E-state index is 11.3. The van der Waals surface area contributed by atoms with Gasteiger partial charge in [-0.3, -0.25) is 0 Å². The molecule has 0 aliphatic carbocycles. The molecule has 76 valence electrons. The number of benzene rings is 1. The molecule has 0 aliphatic heterocycles. The number of carbonyl (C=O) groups excluding carboxylic acids is 1. The summed E-state index contributed by atoms with van der Waals surface area (Å²) in [6.45, 7) is 1.96. The van der Waals surface area contributed by atoms with E-state index in [-0.39, 0.29) is 5.97 Å². The van der Waals surface area contributed by atoms with E-state index in [9.17, 15) is 4.79 Å². The Morgan fingerprint density at radius 1 is 1.29 bits per heavy atom. The third-order valence-electron chi connectivity index (χ3n) is 2.00. The van der Waals surface area contributed by atoms with Crippen LogP contribution in [0.3, 0.4) is 0 Å². The maximum atomic E-state index is 11.3. The summed E-state index contributed by atoms with van der Waals surface area (Å²) in [6, 6.07) is 5.66. The van der Waals surface area contributed by atoms with Crippen molar-refractivity contribution in [3.05, 3.63) is 29.3 Å². The summed E-state index contributed by atoms with van der Waals surface area (Å²) in [5.41, 5.74) is 2.65. The molecule has 0 fully saturated rings. The van der Waals surface area contributed by atoms with Crippen LogP contribution in [0.5, 0.6) is 0 Å². The molecule has 0 aromatic heterocycles. The van der Waals surface area contributed by atoms with Crippen molar-refractivity contribution in [1.29, 1.82) is 0 Å². The SMILES string of the molecule is COC(=O)c1cc(C)cc(N(C)C)c1. The molecule has 0 aliphatic rings. The van der Waals surface area contributed by atoms with Crippen molar-refractivity contribution >= 4 is 11.7 Å². The van der Waals surface area contributed by atoms with Crippen molar-refractivity contribution in [2.24, 2.45) is 0 Å². The predicted molar refractivity (Wildman–Crippen MR) is 56.8 cm³/mol. The van der Waals surface area contributed by atoms with Crippen LogP contribution in [0.15, 0.2) is 18.2 Å². The van der Waals surface area contributed by atoms with Crippen molar-refractivity contribution in [3.63, 3.8) is 0 Å². The van der Waals surface area contributed by atoms with Crippen LogP contribution in [-0.4, -0.2) is 27.2 Å². The lowest BCUT2D eigenvalue weighted by atomic mass is 10.1. The highest BCUT2D eigenvalue weighted by molar-refractivity contribution is 5.90. The molecule has 3 heteroatoms. The van der Waals surface area contributed by atoms with Gasteiger partial charge in [0.05, 0.1) is 12.7 Å². The van der Waals surface area contributed by atoms with Crippen molar-refractivity contribution in [1.82, 2.24) is 0 Å². The zero-order valence-corrected chi connectivity index (χ0v) is 9.00. The summed E-state index contributed by atoms with van der Waals surface area (Å²) in [7, 11) is 5.27. The molecule has 0 saturated heterocycles. The van der Waals surface area contributed by atoms with Gasteiger partial charge >= 0.3 is 5.97 Å². The summed E-state index contributed by atoms with van der Waals surface area (Å²) < 4.78 is 4.67. The molecule has 0 unspecified atom stereocenters. The Labute approximate surface area is 84.3 Å². The van der Waals surface area contributed by atoms with E-state index in [1.165, 1.54) is 7.11 Å². The van der Waals surface area contributed by atoms with Gasteiger partial charge in [-0.1, -0.05) is 0 Å². The Kier molecular flexibility index (Phi) is 3.12. The quantitative estimate of drug-likeness (QED) is 0.671. The number of hydrogen-bond acceptors (Lipinski definition) is 3. The van der Waals surface area contributed by atoms with Gasteiger partial charge in [0, 0.05) is 19.8 Å². The molecule has 0 N–H and O–H groups in total. The normalized spacial score (nSPS) is 9.71. The summed E-state index contributed by atoms with van der Waals surface area (Å²) in [5.74, 6) is -0.295. The average Bonchev–Trinajstić information content (AvgIpc) is 2.15. The zero-order chi connectivity index (χ0) is 10.7. The highest BCUT2D eigenvalue weighted by atomic mass is 16.5. The van der Waals surface area contributed by atoms with Gasteiger partial charge < -0.3 is 9.64 Å². The van der Waals surface area contributed by atoms with E-state index >= 15 is 0 Å². The van der Waals surface area contributed by atoms with Crippen molar-refractivity contribution < 1.29 is 9.53 Å². The Bertz CT molecular complexity index is 345. The van der Waals surface area contributed by atoms with Crippen LogP contribution in [0.1, 0.15) is 15.9 Å². The van der Waals surface area contributed by atoms with Gasteiger partial charge in [-0.25, -0.2) is 4.79 Å². The van der Waals surface area contributed by atoms with E-state index in [1.807, 2.05) is 44.1 Å². The summed E-state index contributed by atoms with van der Waals surface area (Å²) in [5, 5.41) is 0.